The average Bonchev–Trinajstić information content (AvgIpc) is 2.64. The number of fused-ring (bicyclic) bond motifs is 2. The van der Waals surface area contributed by atoms with Crippen LogP contribution in [0.4, 0.5) is 4.79 Å². The lowest BCUT2D eigenvalue weighted by Crippen LogP contribution is -2.59. The van der Waals surface area contributed by atoms with Crippen molar-refractivity contribution in [1.82, 2.24) is 5.32 Å². The summed E-state index contributed by atoms with van der Waals surface area (Å²) in [4.78, 5) is 25.4. The zero-order valence-electron chi connectivity index (χ0n) is 17.8. The highest BCUT2D eigenvalue weighted by molar-refractivity contribution is 6.76. The number of benzene rings is 1. The number of carbonyl (C=O) groups is 2. The van der Waals surface area contributed by atoms with Gasteiger partial charge in [-0.2, -0.15) is 0 Å². The fourth-order valence-corrected chi connectivity index (χ4v) is 5.25. The Morgan fingerprint density at radius 3 is 2.67 bits per heavy atom. The summed E-state index contributed by atoms with van der Waals surface area (Å²) in [6, 6.07) is 5.14. The summed E-state index contributed by atoms with van der Waals surface area (Å²) in [5, 5.41) is 23.5. The first-order valence-electron chi connectivity index (χ1n) is 10.3. The molecule has 164 valence electrons. The van der Waals surface area contributed by atoms with Crippen molar-refractivity contribution in [2.75, 3.05) is 13.2 Å². The van der Waals surface area contributed by atoms with E-state index in [0.29, 0.717) is 13.0 Å². The van der Waals surface area contributed by atoms with Gasteiger partial charge in [-0.05, 0) is 35.7 Å². The van der Waals surface area contributed by atoms with Gasteiger partial charge in [0, 0.05) is 19.9 Å². The first-order chi connectivity index (χ1) is 14.1. The molecule has 0 aliphatic heterocycles. The highest BCUT2D eigenvalue weighted by Gasteiger charge is 2.55. The number of hydrogen-bond donors (Lipinski definition) is 3. The number of alkyl carbamates (subject to hydrolysis) is 1. The fourth-order valence-electron chi connectivity index (χ4n) is 4.53. The van der Waals surface area contributed by atoms with Crippen molar-refractivity contribution in [2.24, 2.45) is 5.92 Å². The third-order valence-corrected chi connectivity index (χ3v) is 7.64. The SMILES string of the molecule is C=CCOC(=O)N[C@H]1[C@@H]2c3cc(O)ccc3C(C[C@H]2O)[C@H]1C(=O)OCC[Si](C)(C)C. The second-order valence-electron chi connectivity index (χ2n) is 9.31. The Hall–Kier alpha value is -2.32. The molecule has 2 bridgehead atoms. The normalized spacial score (nSPS) is 27.1. The number of aliphatic hydroxyl groups excluding tert-OH is 1. The molecule has 7 nitrogen and oxygen atoms in total. The van der Waals surface area contributed by atoms with Crippen molar-refractivity contribution in [3.8, 4) is 5.75 Å². The molecule has 3 aliphatic rings. The summed E-state index contributed by atoms with van der Waals surface area (Å²) >= 11 is 0. The Kier molecular flexibility index (Phi) is 6.57. The van der Waals surface area contributed by atoms with E-state index in [1.54, 1.807) is 18.2 Å². The molecule has 0 heterocycles. The number of amides is 1. The molecule has 1 fully saturated rings. The lowest BCUT2D eigenvalue weighted by molar-refractivity contribution is -0.153. The number of carbonyl (C=O) groups excluding carboxylic acids is 2. The highest BCUT2D eigenvalue weighted by atomic mass is 28.3. The van der Waals surface area contributed by atoms with E-state index in [2.05, 4.69) is 31.5 Å². The van der Waals surface area contributed by atoms with Gasteiger partial charge in [0.2, 0.25) is 0 Å². The van der Waals surface area contributed by atoms with Crippen molar-refractivity contribution >= 4 is 20.1 Å². The summed E-state index contributed by atoms with van der Waals surface area (Å²) in [6.45, 7) is 10.5. The van der Waals surface area contributed by atoms with Crippen molar-refractivity contribution < 1.29 is 29.3 Å². The van der Waals surface area contributed by atoms with Gasteiger partial charge in [-0.25, -0.2) is 4.79 Å². The largest absolute Gasteiger partial charge is 0.508 e. The topological polar surface area (TPSA) is 105 Å². The summed E-state index contributed by atoms with van der Waals surface area (Å²) in [5.74, 6) is -1.78. The zero-order chi connectivity index (χ0) is 22.1. The van der Waals surface area contributed by atoms with E-state index in [-0.39, 0.29) is 24.2 Å². The molecular formula is C22H31NO6Si. The van der Waals surface area contributed by atoms with Crippen LogP contribution in [-0.2, 0) is 14.3 Å². The number of nitrogens with one attached hydrogen (secondary N) is 1. The minimum absolute atomic E-state index is 0.0396. The molecular weight excluding hydrogens is 402 g/mol. The minimum atomic E-state index is -1.37. The predicted octanol–water partition coefficient (Wildman–Crippen LogP) is 3.12. The molecule has 30 heavy (non-hydrogen) atoms. The van der Waals surface area contributed by atoms with Crippen LogP contribution in [-0.4, -0.2) is 55.7 Å². The standard InChI is InChI=1S/C22H31NO6Si/c1-5-8-29-22(27)23-20-18-15-11-13(24)6-7-14(15)16(12-17(18)25)19(20)21(26)28-9-10-30(2,3)4/h5-7,11,16-20,24-25H,1,8-10,12H2,2-4H3,(H,23,27)/t16?,17-,18-,19-,20+/m1/s1. The van der Waals surface area contributed by atoms with Gasteiger partial charge in [0.05, 0.1) is 24.7 Å². The molecule has 3 N–H and O–H groups in total. The van der Waals surface area contributed by atoms with Gasteiger partial charge in [-0.1, -0.05) is 38.4 Å². The van der Waals surface area contributed by atoms with Gasteiger partial charge in [0.25, 0.3) is 0 Å². The van der Waals surface area contributed by atoms with Crippen LogP contribution in [0, 0.1) is 5.92 Å². The number of esters is 1. The van der Waals surface area contributed by atoms with E-state index < -0.39 is 38.1 Å². The van der Waals surface area contributed by atoms with Gasteiger partial charge < -0.3 is 25.0 Å². The van der Waals surface area contributed by atoms with E-state index in [1.165, 1.54) is 6.08 Å². The van der Waals surface area contributed by atoms with Gasteiger partial charge in [0.15, 0.2) is 0 Å². The van der Waals surface area contributed by atoms with Crippen LogP contribution in [0.2, 0.25) is 25.7 Å². The quantitative estimate of drug-likeness (QED) is 0.347. The second-order valence-corrected chi connectivity index (χ2v) is 14.9. The maximum absolute atomic E-state index is 13.1. The smallest absolute Gasteiger partial charge is 0.407 e. The first kappa shape index (κ1) is 22.4. The molecule has 1 saturated carbocycles. The van der Waals surface area contributed by atoms with Crippen molar-refractivity contribution in [2.45, 2.75) is 56.1 Å². The highest BCUT2D eigenvalue weighted by Crippen LogP contribution is 2.53. The first-order valence-corrected chi connectivity index (χ1v) is 14.0. The number of hydrogen-bond acceptors (Lipinski definition) is 6. The third kappa shape index (κ3) is 4.70. The van der Waals surface area contributed by atoms with Gasteiger partial charge in [0.1, 0.15) is 12.4 Å². The lowest BCUT2D eigenvalue weighted by atomic mass is 9.57. The molecule has 1 aromatic carbocycles. The van der Waals surface area contributed by atoms with Crippen molar-refractivity contribution in [1.29, 1.82) is 0 Å². The maximum atomic E-state index is 13.1. The summed E-state index contributed by atoms with van der Waals surface area (Å²) in [5.41, 5.74) is 1.66. The van der Waals surface area contributed by atoms with E-state index in [1.807, 2.05) is 0 Å². The maximum Gasteiger partial charge on any atom is 0.407 e. The number of rotatable bonds is 7. The van der Waals surface area contributed by atoms with Crippen LogP contribution in [0.3, 0.4) is 0 Å². The number of ether oxygens (including phenoxy) is 2. The predicted molar refractivity (Wildman–Crippen MR) is 115 cm³/mol. The Morgan fingerprint density at radius 2 is 2.00 bits per heavy atom. The second kappa shape index (κ2) is 8.81. The molecule has 4 rings (SSSR count). The van der Waals surface area contributed by atoms with Gasteiger partial charge in [-0.3, -0.25) is 4.79 Å². The molecule has 3 aliphatic carbocycles. The summed E-state index contributed by atoms with van der Waals surface area (Å²) in [7, 11) is -1.37. The molecule has 0 aromatic heterocycles. The van der Waals surface area contributed by atoms with Crippen LogP contribution in [0.25, 0.3) is 0 Å². The van der Waals surface area contributed by atoms with E-state index >= 15 is 0 Å². The zero-order valence-corrected chi connectivity index (χ0v) is 18.8. The molecule has 0 radical (unpaired) electrons. The number of aromatic hydroxyl groups is 1. The molecule has 1 aromatic rings. The van der Waals surface area contributed by atoms with Gasteiger partial charge >= 0.3 is 12.1 Å². The van der Waals surface area contributed by atoms with E-state index in [9.17, 15) is 19.8 Å². The van der Waals surface area contributed by atoms with E-state index in [4.69, 9.17) is 9.47 Å². The fraction of sp³-hybridized carbons (Fsp3) is 0.545. The minimum Gasteiger partial charge on any atom is -0.508 e. The Balaban J connectivity index is 1.89. The monoisotopic (exact) mass is 433 g/mol. The van der Waals surface area contributed by atoms with Crippen LogP contribution < -0.4 is 5.32 Å². The molecule has 1 unspecified atom stereocenters. The van der Waals surface area contributed by atoms with Crippen molar-refractivity contribution in [3.63, 3.8) is 0 Å². The van der Waals surface area contributed by atoms with Crippen LogP contribution >= 0.6 is 0 Å². The third-order valence-electron chi connectivity index (χ3n) is 5.93. The van der Waals surface area contributed by atoms with Crippen LogP contribution in [0.5, 0.6) is 5.75 Å². The molecule has 1 amide bonds. The molecule has 5 atom stereocenters. The lowest BCUT2D eigenvalue weighted by Gasteiger charge is -2.50. The van der Waals surface area contributed by atoms with Crippen molar-refractivity contribution in [3.05, 3.63) is 42.0 Å². The Bertz CT molecular complexity index is 820. The van der Waals surface area contributed by atoms with Crippen LogP contribution in [0.1, 0.15) is 29.4 Å². The molecule has 8 heteroatoms. The molecule has 0 spiro atoms. The number of aliphatic hydroxyl groups is 1. The Morgan fingerprint density at radius 1 is 1.27 bits per heavy atom. The molecule has 0 saturated heterocycles. The van der Waals surface area contributed by atoms with Crippen LogP contribution in [0.15, 0.2) is 30.9 Å². The number of phenolic OH excluding ortho intramolecular Hbond substituents is 1. The summed E-state index contributed by atoms with van der Waals surface area (Å²) in [6.07, 6.45) is 0.425. The summed E-state index contributed by atoms with van der Waals surface area (Å²) < 4.78 is 10.7. The Labute approximate surface area is 178 Å². The van der Waals surface area contributed by atoms with E-state index in [0.717, 1.165) is 17.2 Å². The number of phenols is 1. The average molecular weight is 434 g/mol. The van der Waals surface area contributed by atoms with Gasteiger partial charge in [-0.15, -0.1) is 0 Å².